The summed E-state index contributed by atoms with van der Waals surface area (Å²) in [6.45, 7) is 2.08. The SMILES string of the molecule is Cc1ccccc1.NC(=O)/C=C/c1cccs1.Nc1cccc2cccnc12.O=C(/C=C/c1cccs1)NC(N=C=S)C(Cl)(Cl)Cl.O=C(/C=C/c1cccs1)NC(NC(=S)Nc1cccc2cccnc12)C(Cl)(Cl)Cl.O=C(/C=C/c1cccs1)NC(O)C(Cl)(Cl)Cl.O=C(O)/C=C/c1cccs1.O=C(O)CC(=O)O.O=Cc1cccs1.OC(O)C(Cl)(Cl)Cl. The second kappa shape index (κ2) is 60.5. The standard InChI is InChI=1S/C19H15Cl3N4OS2.C10H7Cl3N2OS2.C9H8Cl3NO2S.C9H8N2.C7H7NOS.C7H6O2S.C7H8.C5H4OS.C3H4O4.C2H3Cl3O2/c20-19(21,22)17(25-15(27)9-8-13-6-3-11-29-13)26-18(28)24-14-7-1-4-12-5-2-10-23-16(12)14;11-10(12,13)9(14-6-17)15-8(16)4-3-7-2-1-5-18-7;10-9(11,12)8(15)13-7(14)4-3-6-2-1-5-16-6;10-8-5-1-3-7-4-2-6-11-9(7)8;2*8-7(9)4-3-6-2-1-5-10-6;1-7-5-3-2-4-6-7;6-4-5-2-1-3-7-5;4-2(5)1-3(6)7;3-2(4,5)1(6)7/h1-11,17H,(H,25,27)(H2,24,26,28);1-5,9H,(H,15,16);1-5,8,15H,(H,13,14);1-6H,10H2;1-5H,(H2,8,9);1-5H,(H,8,9);2-6H,1H3;1-4H;1H2,(H,4,5)(H,6,7);1,6-7H/b9-8+;2*4-3+;;2*4-3+;;;;. The summed E-state index contributed by atoms with van der Waals surface area (Å²) in [5.41, 5.74) is 15.0. The fourth-order valence-electron chi connectivity index (χ4n) is 7.44. The number of thiophene rings is 6. The first-order valence-electron chi connectivity index (χ1n) is 33.3. The van der Waals surface area contributed by atoms with Crippen LogP contribution in [-0.4, -0.2) is 139 Å². The van der Waals surface area contributed by atoms with Crippen molar-refractivity contribution in [3.63, 3.8) is 0 Å². The van der Waals surface area contributed by atoms with E-state index in [1.54, 1.807) is 60.2 Å². The Morgan fingerprint density at radius 1 is 0.475 bits per heavy atom. The maximum Gasteiger partial charge on any atom is 0.328 e. The van der Waals surface area contributed by atoms with Crippen LogP contribution in [0.4, 0.5) is 11.4 Å². The molecule has 0 fully saturated rings. The molecule has 3 aromatic carbocycles. The van der Waals surface area contributed by atoms with Gasteiger partial charge in [0.15, 0.2) is 30.1 Å². The highest BCUT2D eigenvalue weighted by Gasteiger charge is 2.36. The van der Waals surface area contributed by atoms with Crippen molar-refractivity contribution >= 4 is 353 Å². The number of amides is 4. The number of para-hydroxylation sites is 2. The van der Waals surface area contributed by atoms with Crippen LogP contribution in [-0.2, 0) is 33.6 Å². The number of hydrogen-bond acceptors (Lipinski definition) is 23. The van der Waals surface area contributed by atoms with Gasteiger partial charge in [0.25, 0.3) is 0 Å². The predicted molar refractivity (Wildman–Crippen MR) is 514 cm³/mol. The number of aliphatic hydroxyl groups is 3. The minimum absolute atomic E-state index is 0.169. The molecule has 3 atom stereocenters. The quantitative estimate of drug-likeness (QED) is 0.00522. The number of rotatable bonds is 19. The molecule has 11 aromatic rings. The van der Waals surface area contributed by atoms with Gasteiger partial charge in [-0.2, -0.15) is 0 Å². The number of fused-ring (bicyclic) bond motifs is 2. The Morgan fingerprint density at radius 3 is 1.19 bits per heavy atom. The monoisotopic (exact) mass is 2050 g/mol. The summed E-state index contributed by atoms with van der Waals surface area (Å²) in [6.07, 6.45) is 12.5. The Kier molecular flexibility index (Phi) is 54.6. The molecule has 44 heteroatoms. The number of carbonyl (C=O) groups excluding carboxylic acids is 5. The van der Waals surface area contributed by atoms with Gasteiger partial charge in [-0.3, -0.25) is 43.5 Å². The second-order valence-corrected chi connectivity index (χ2v) is 38.1. The molecule has 0 spiro atoms. The van der Waals surface area contributed by atoms with E-state index >= 15 is 0 Å². The molecule has 122 heavy (non-hydrogen) atoms. The number of nitrogens with two attached hydrogens (primary N) is 2. The van der Waals surface area contributed by atoms with Crippen LogP contribution in [0.15, 0.2) is 244 Å². The number of alkyl halides is 12. The molecule has 8 heterocycles. The van der Waals surface area contributed by atoms with Gasteiger partial charge in [0, 0.05) is 77.9 Å². The molecular formula is C78H70Cl12N10O14S8. The molecule has 0 radical (unpaired) electrons. The maximum absolute atomic E-state index is 12.2. The molecule has 0 saturated carbocycles. The van der Waals surface area contributed by atoms with Crippen molar-refractivity contribution in [3.05, 3.63) is 274 Å². The van der Waals surface area contributed by atoms with Crippen LogP contribution in [0.2, 0.25) is 0 Å². The summed E-state index contributed by atoms with van der Waals surface area (Å²) < 4.78 is -7.53. The number of isothiocyanates is 1. The lowest BCUT2D eigenvalue weighted by atomic mass is 10.2. The third-order valence-corrected chi connectivity index (χ3v) is 20.5. The number of thiocarbonyl (C=S) groups is 2. The first-order valence-corrected chi connectivity index (χ1v) is 44.0. The van der Waals surface area contributed by atoms with Crippen molar-refractivity contribution in [3.8, 4) is 0 Å². The topological polar surface area (TPSA) is 408 Å². The molecule has 0 aliphatic carbocycles. The second-order valence-electron chi connectivity index (χ2n) is 22.2. The van der Waals surface area contributed by atoms with Crippen LogP contribution < -0.4 is 38.1 Å². The molecule has 11 rings (SSSR count). The summed E-state index contributed by atoms with van der Waals surface area (Å²) in [5.74, 6) is -5.35. The van der Waals surface area contributed by atoms with Crippen LogP contribution in [0.3, 0.4) is 0 Å². The molecule has 15 N–H and O–H groups in total. The van der Waals surface area contributed by atoms with Gasteiger partial charge in [0.1, 0.15) is 12.6 Å². The Bertz CT molecular complexity index is 5070. The highest BCUT2D eigenvalue weighted by Crippen LogP contribution is 2.33. The van der Waals surface area contributed by atoms with E-state index in [-0.39, 0.29) is 5.11 Å². The number of nitrogen functional groups attached to an aromatic ring is 1. The number of aldehydes is 1. The third kappa shape index (κ3) is 52.6. The first-order chi connectivity index (χ1) is 57.5. The van der Waals surface area contributed by atoms with Gasteiger partial charge in [-0.05, 0) is 155 Å². The first kappa shape index (κ1) is 110. The molecule has 24 nitrogen and oxygen atoms in total. The number of aliphatic carboxylic acids is 3. The lowest BCUT2D eigenvalue weighted by Gasteiger charge is -2.27. The van der Waals surface area contributed by atoms with E-state index < -0.39 is 88.0 Å². The fraction of sp³-hybridized carbons (Fsp3) is 0.128. The zero-order chi connectivity index (χ0) is 91.3. The van der Waals surface area contributed by atoms with Crippen molar-refractivity contribution in [2.45, 2.75) is 53.4 Å². The van der Waals surface area contributed by atoms with Gasteiger partial charge < -0.3 is 68.7 Å². The maximum atomic E-state index is 12.2. The number of anilines is 2. The summed E-state index contributed by atoms with van der Waals surface area (Å²) in [5, 5.41) is 77.7. The van der Waals surface area contributed by atoms with E-state index in [1.165, 1.54) is 86.6 Å². The number of carboxylic acid groups (broad SMARTS) is 3. The molecule has 648 valence electrons. The Morgan fingerprint density at radius 2 is 0.861 bits per heavy atom. The molecule has 0 bridgehead atoms. The molecule has 3 unspecified atom stereocenters. The largest absolute Gasteiger partial charge is 0.481 e. The molecule has 0 aliphatic heterocycles. The number of aliphatic imine (C=N–C) groups is 1. The van der Waals surface area contributed by atoms with Crippen molar-refractivity contribution in [1.29, 1.82) is 0 Å². The molecule has 4 amide bonds. The Labute approximate surface area is 794 Å². The average Bonchev–Trinajstić information content (AvgIpc) is 1.02. The Hall–Kier alpha value is -8.01. The van der Waals surface area contributed by atoms with Crippen LogP contribution >= 0.6 is 232 Å². The zero-order valence-corrected chi connectivity index (χ0v) is 77.9. The smallest absolute Gasteiger partial charge is 0.328 e. The number of carboxylic acids is 3. The van der Waals surface area contributed by atoms with Crippen LogP contribution in [0, 0.1) is 6.92 Å². The molecular weight excluding hydrogens is 1980 g/mol. The zero-order valence-electron chi connectivity index (χ0n) is 62.3. The van der Waals surface area contributed by atoms with Gasteiger partial charge in [-0.15, -0.1) is 68.0 Å². The number of nitrogens with one attached hydrogen (secondary N) is 5. The van der Waals surface area contributed by atoms with Crippen LogP contribution in [0.25, 0.3) is 52.2 Å². The molecule has 0 saturated heterocycles. The minimum atomic E-state index is -1.97. The van der Waals surface area contributed by atoms with Crippen molar-refractivity contribution in [1.82, 2.24) is 31.2 Å². The fourth-order valence-corrected chi connectivity index (χ4v) is 12.2. The number of pyridine rings is 2. The van der Waals surface area contributed by atoms with E-state index in [0.29, 0.717) is 5.69 Å². The van der Waals surface area contributed by atoms with Crippen molar-refractivity contribution in [2.75, 3.05) is 11.1 Å². The lowest BCUT2D eigenvalue weighted by molar-refractivity contribution is -0.147. The van der Waals surface area contributed by atoms with Crippen LogP contribution in [0.1, 0.15) is 46.0 Å². The number of benzene rings is 3. The van der Waals surface area contributed by atoms with Crippen LogP contribution in [0.5, 0.6) is 0 Å². The number of primary amides is 1. The van der Waals surface area contributed by atoms with Crippen molar-refractivity contribution < 1.29 is 69.0 Å². The number of aromatic nitrogens is 2. The van der Waals surface area contributed by atoms with E-state index in [1.807, 2.05) is 178 Å². The highest BCUT2D eigenvalue weighted by molar-refractivity contribution is 7.80. The van der Waals surface area contributed by atoms with E-state index in [9.17, 15) is 43.5 Å². The van der Waals surface area contributed by atoms with Gasteiger partial charge in [0.2, 0.25) is 38.8 Å². The summed E-state index contributed by atoms with van der Waals surface area (Å²) in [4.78, 5) is 102. The Balaban J connectivity index is 0.000000480. The molecule has 8 aromatic heterocycles. The van der Waals surface area contributed by atoms with E-state index in [4.69, 9.17) is 188 Å². The van der Waals surface area contributed by atoms with Gasteiger partial charge in [-0.25, -0.2) is 9.79 Å². The van der Waals surface area contributed by atoms with Gasteiger partial charge in [-0.1, -0.05) is 248 Å². The van der Waals surface area contributed by atoms with Gasteiger partial charge in [0.05, 0.1) is 32.4 Å². The van der Waals surface area contributed by atoms with E-state index in [2.05, 4.69) is 78.0 Å². The van der Waals surface area contributed by atoms with Gasteiger partial charge >= 0.3 is 17.9 Å². The number of carbonyl (C=O) groups is 8. The minimum Gasteiger partial charge on any atom is -0.481 e. The van der Waals surface area contributed by atoms with E-state index in [0.717, 1.165) is 69.1 Å². The summed E-state index contributed by atoms with van der Waals surface area (Å²) in [6, 6.07) is 51.8. The number of halogens is 12. The number of aliphatic hydroxyl groups excluding tert-OH is 2. The van der Waals surface area contributed by atoms with Crippen molar-refractivity contribution in [2.24, 2.45) is 10.7 Å². The third-order valence-electron chi connectivity index (χ3n) is 12.7. The lowest BCUT2D eigenvalue weighted by Crippen LogP contribution is -2.55. The number of hydrogen-bond donors (Lipinski definition) is 13. The predicted octanol–water partition coefficient (Wildman–Crippen LogP) is 20.0. The average molecular weight is 2050 g/mol. The summed E-state index contributed by atoms with van der Waals surface area (Å²) >= 11 is 84.6. The normalized spacial score (nSPS) is 11.6. The number of aryl methyl sites for hydroxylation is 1. The highest BCUT2D eigenvalue weighted by atomic mass is 35.6. The number of nitrogens with zero attached hydrogens (tertiary/aromatic N) is 3. The summed E-state index contributed by atoms with van der Waals surface area (Å²) in [7, 11) is 0. The molecule has 0 aliphatic rings.